The van der Waals surface area contributed by atoms with Crippen LogP contribution >= 0.6 is 0 Å². The normalized spacial score (nSPS) is 27.0. The molecular weight excluding hydrogens is 680 g/mol. The third-order valence-electron chi connectivity index (χ3n) is 9.65. The fourth-order valence-electron chi connectivity index (χ4n) is 6.99. The van der Waals surface area contributed by atoms with Crippen molar-refractivity contribution < 1.29 is 47.8 Å². The molecule has 4 heterocycles. The number of hydrogen-bond acceptors (Lipinski definition) is 10. The fraction of sp³-hybridized carbons (Fsp3) is 0.512. The Kier molecular flexibility index (Phi) is 19.0. The van der Waals surface area contributed by atoms with E-state index in [4.69, 9.17) is 9.47 Å². The summed E-state index contributed by atoms with van der Waals surface area (Å²) >= 11 is 0. The maximum atomic E-state index is 13.3. The molecule has 12 heteroatoms. The van der Waals surface area contributed by atoms with Gasteiger partial charge in [0.05, 0.1) is 46.9 Å². The van der Waals surface area contributed by atoms with Gasteiger partial charge in [0.2, 0.25) is 23.6 Å². The molecule has 6 rings (SSSR count). The van der Waals surface area contributed by atoms with E-state index in [0.29, 0.717) is 17.8 Å². The molecule has 0 aliphatic carbocycles. The highest BCUT2D eigenvalue weighted by Crippen LogP contribution is 2.43. The lowest BCUT2D eigenvalue weighted by molar-refractivity contribution is -0.156. The van der Waals surface area contributed by atoms with Crippen molar-refractivity contribution in [2.75, 3.05) is 9.80 Å². The predicted molar refractivity (Wildman–Crippen MR) is 207 cm³/mol. The van der Waals surface area contributed by atoms with Gasteiger partial charge in [-0.2, -0.15) is 0 Å². The molecule has 0 spiro atoms. The van der Waals surface area contributed by atoms with Crippen molar-refractivity contribution >= 4 is 58.9 Å². The van der Waals surface area contributed by atoms with Gasteiger partial charge in [-0.05, 0) is 41.8 Å². The van der Waals surface area contributed by atoms with Crippen LogP contribution in [-0.4, -0.2) is 47.5 Å². The molecule has 0 bridgehead atoms. The van der Waals surface area contributed by atoms with Crippen molar-refractivity contribution in [3.63, 3.8) is 0 Å². The molecule has 8 unspecified atom stereocenters. The predicted octanol–water partition coefficient (Wildman–Crippen LogP) is 7.29. The largest absolute Gasteiger partial charge is 0.393 e. The first kappa shape index (κ1) is 52.4. The monoisotopic (exact) mass is 742 g/mol. The number of benzene rings is 2. The zero-order valence-corrected chi connectivity index (χ0v) is 24.9. The minimum Gasteiger partial charge on any atom is -0.393 e. The van der Waals surface area contributed by atoms with E-state index >= 15 is 0 Å². The number of carbonyl (C=O) groups excluding carboxylic acids is 8. The van der Waals surface area contributed by atoms with Crippen molar-refractivity contribution in [2.45, 2.75) is 93.5 Å². The lowest BCUT2D eigenvalue weighted by Crippen LogP contribution is -2.35. The van der Waals surface area contributed by atoms with E-state index in [0.717, 1.165) is 20.9 Å². The van der Waals surface area contributed by atoms with Crippen molar-refractivity contribution in [2.24, 2.45) is 47.3 Å². The number of hydrogen-bond donors (Lipinski definition) is 0. The van der Waals surface area contributed by atoms with E-state index in [1.165, 1.54) is 13.8 Å². The molecule has 296 valence electrons. The van der Waals surface area contributed by atoms with E-state index in [1.54, 1.807) is 62.4 Å². The third kappa shape index (κ3) is 8.31. The second-order valence-electron chi connectivity index (χ2n) is 12.3. The lowest BCUT2D eigenvalue weighted by Gasteiger charge is -2.19. The van der Waals surface area contributed by atoms with Crippen LogP contribution in [0.5, 0.6) is 0 Å². The number of cyclic esters (lactones) is 4. The Morgan fingerprint density at radius 1 is 0.396 bits per heavy atom. The summed E-state index contributed by atoms with van der Waals surface area (Å²) < 4.78 is 9.42. The van der Waals surface area contributed by atoms with Gasteiger partial charge in [-0.1, -0.05) is 111 Å². The van der Waals surface area contributed by atoms with Crippen molar-refractivity contribution in [3.05, 3.63) is 59.7 Å². The Balaban J connectivity index is -0.00000312. The average Bonchev–Trinajstić information content (AvgIpc) is 3.57. The molecule has 0 N–H and O–H groups in total. The Hall–Kier alpha value is -5.00. The smallest absolute Gasteiger partial charge is 0.318 e. The first-order chi connectivity index (χ1) is 21.3. The highest BCUT2D eigenvalue weighted by atomic mass is 16.6. The van der Waals surface area contributed by atoms with Crippen LogP contribution in [0.3, 0.4) is 0 Å². The molecule has 0 aromatic heterocycles. The molecule has 2 aromatic rings. The zero-order valence-electron chi connectivity index (χ0n) is 24.9. The number of imide groups is 2. The molecule has 53 heavy (non-hydrogen) atoms. The topological polar surface area (TPSA) is 162 Å². The fourth-order valence-corrected chi connectivity index (χ4v) is 6.99. The number of amides is 4. The van der Waals surface area contributed by atoms with Crippen LogP contribution in [0.1, 0.15) is 98.2 Å². The van der Waals surface area contributed by atoms with Gasteiger partial charge >= 0.3 is 23.9 Å². The standard InChI is InChI=1S/C33H30N2O10.8CH4/c1-14-22(24-16(3)30(40)44-32(24)42)28(38)34(26(14)36)20-9-5-18(6-10-20)13-19-7-11-21(12-8-19)35-27(37)15(2)23(29(35)39)25-17(4)31(41)45-33(25)43;;;;;;;;/h5-12,14-17,22-25H,13H2,1-4H3;8*1H4. The number of rotatable bonds is 6. The summed E-state index contributed by atoms with van der Waals surface area (Å²) in [5.41, 5.74) is 2.41. The van der Waals surface area contributed by atoms with E-state index in [-0.39, 0.29) is 59.4 Å². The number of esters is 4. The van der Waals surface area contributed by atoms with Crippen LogP contribution in [0.4, 0.5) is 11.4 Å². The van der Waals surface area contributed by atoms with Gasteiger partial charge in [-0.3, -0.25) is 48.2 Å². The summed E-state index contributed by atoms with van der Waals surface area (Å²) in [5, 5.41) is 0. The first-order valence-electron chi connectivity index (χ1n) is 14.8. The summed E-state index contributed by atoms with van der Waals surface area (Å²) in [5.74, 6) is -12.2. The minimum absolute atomic E-state index is 0. The van der Waals surface area contributed by atoms with E-state index in [9.17, 15) is 38.4 Å². The molecule has 4 saturated heterocycles. The van der Waals surface area contributed by atoms with Gasteiger partial charge in [-0.15, -0.1) is 0 Å². The van der Waals surface area contributed by atoms with E-state index < -0.39 is 94.8 Å². The Labute approximate surface area is 316 Å². The molecule has 0 radical (unpaired) electrons. The maximum absolute atomic E-state index is 13.3. The van der Waals surface area contributed by atoms with E-state index in [1.807, 2.05) is 0 Å². The molecular formula is C41H62N2O10. The van der Waals surface area contributed by atoms with Crippen molar-refractivity contribution in [3.8, 4) is 0 Å². The SMILES string of the molecule is C.C.C.C.C.C.C.C.CC1C(=O)OC(=O)C1C1C(=O)N(c2ccc(Cc3ccc(N4C(=O)C(C)C(C5C(=O)OC(=O)C5C)C4=O)cc3)cc2)C(=O)C1C. The highest BCUT2D eigenvalue weighted by Gasteiger charge is 2.58. The van der Waals surface area contributed by atoms with Crippen LogP contribution in [0.15, 0.2) is 48.5 Å². The Morgan fingerprint density at radius 2 is 0.679 bits per heavy atom. The summed E-state index contributed by atoms with van der Waals surface area (Å²) in [7, 11) is 0. The van der Waals surface area contributed by atoms with E-state index in [2.05, 4.69) is 0 Å². The molecule has 4 aliphatic heterocycles. The summed E-state index contributed by atoms with van der Waals surface area (Å²) in [6, 6.07) is 13.6. The van der Waals surface area contributed by atoms with Crippen LogP contribution < -0.4 is 9.80 Å². The van der Waals surface area contributed by atoms with Crippen LogP contribution in [0.2, 0.25) is 0 Å². The van der Waals surface area contributed by atoms with Crippen LogP contribution in [-0.2, 0) is 54.3 Å². The number of anilines is 2. The number of ether oxygens (including phenoxy) is 2. The lowest BCUT2D eigenvalue weighted by atomic mass is 9.78. The second kappa shape index (κ2) is 19.2. The van der Waals surface area contributed by atoms with Gasteiger partial charge in [0, 0.05) is 11.8 Å². The number of carbonyl (C=O) groups is 8. The minimum atomic E-state index is -1.01. The van der Waals surface area contributed by atoms with Gasteiger partial charge in [0.15, 0.2) is 0 Å². The van der Waals surface area contributed by atoms with Gasteiger partial charge in [-0.25, -0.2) is 0 Å². The van der Waals surface area contributed by atoms with Crippen LogP contribution in [0, 0.1) is 47.3 Å². The van der Waals surface area contributed by atoms with Gasteiger partial charge < -0.3 is 9.47 Å². The Morgan fingerprint density at radius 3 is 0.925 bits per heavy atom. The molecule has 4 amide bonds. The van der Waals surface area contributed by atoms with Gasteiger partial charge in [0.1, 0.15) is 0 Å². The molecule has 8 atom stereocenters. The average molecular weight is 743 g/mol. The number of nitrogens with zero attached hydrogens (tertiary/aromatic N) is 2. The molecule has 2 aromatic carbocycles. The molecule has 0 saturated carbocycles. The third-order valence-corrected chi connectivity index (χ3v) is 9.65. The Bertz CT molecular complexity index is 1560. The molecule has 4 fully saturated rings. The van der Waals surface area contributed by atoms with Crippen molar-refractivity contribution in [1.29, 1.82) is 0 Å². The van der Waals surface area contributed by atoms with Crippen LogP contribution in [0.25, 0.3) is 0 Å². The maximum Gasteiger partial charge on any atom is 0.318 e. The molecule has 4 aliphatic rings. The summed E-state index contributed by atoms with van der Waals surface area (Å²) in [6.45, 7) is 6.17. The van der Waals surface area contributed by atoms with Crippen molar-refractivity contribution in [1.82, 2.24) is 0 Å². The highest BCUT2D eigenvalue weighted by molar-refractivity contribution is 6.24. The van der Waals surface area contributed by atoms with Gasteiger partial charge in [0.25, 0.3) is 0 Å². The second-order valence-corrected chi connectivity index (χ2v) is 12.3. The first-order valence-corrected chi connectivity index (χ1v) is 14.8. The zero-order chi connectivity index (χ0) is 32.5. The quantitative estimate of drug-likeness (QED) is 0.167. The summed E-state index contributed by atoms with van der Waals surface area (Å²) in [6.07, 6.45) is 0.462. The molecule has 12 nitrogen and oxygen atoms in total. The summed E-state index contributed by atoms with van der Waals surface area (Å²) in [4.78, 5) is 103.